The molecule has 2 unspecified atom stereocenters. The third-order valence-electron chi connectivity index (χ3n) is 4.23. The molecule has 0 amide bonds. The molecule has 2 atom stereocenters. The second kappa shape index (κ2) is 4.65. The van der Waals surface area contributed by atoms with Crippen molar-refractivity contribution in [1.82, 2.24) is 5.32 Å². The quantitative estimate of drug-likeness (QED) is 0.845. The van der Waals surface area contributed by atoms with E-state index in [9.17, 15) is 4.39 Å². The van der Waals surface area contributed by atoms with Gasteiger partial charge in [0.25, 0.3) is 0 Å². The summed E-state index contributed by atoms with van der Waals surface area (Å²) in [4.78, 5) is 0. The van der Waals surface area contributed by atoms with E-state index >= 15 is 0 Å². The van der Waals surface area contributed by atoms with E-state index in [1.165, 1.54) is 12.0 Å². The van der Waals surface area contributed by atoms with E-state index in [0.29, 0.717) is 17.4 Å². The van der Waals surface area contributed by atoms with Gasteiger partial charge in [0.05, 0.1) is 0 Å². The minimum Gasteiger partial charge on any atom is -0.310 e. The van der Waals surface area contributed by atoms with Gasteiger partial charge in [0.15, 0.2) is 0 Å². The number of halogens is 1. The second-order valence-electron chi connectivity index (χ2n) is 6.30. The van der Waals surface area contributed by atoms with Gasteiger partial charge < -0.3 is 5.32 Å². The first-order chi connectivity index (χ1) is 8.36. The van der Waals surface area contributed by atoms with Gasteiger partial charge in [0, 0.05) is 6.04 Å². The zero-order valence-corrected chi connectivity index (χ0v) is 12.1. The van der Waals surface area contributed by atoms with E-state index < -0.39 is 0 Å². The Morgan fingerprint density at radius 1 is 1.33 bits per heavy atom. The number of benzene rings is 1. The Bertz CT molecular complexity index is 427. The summed E-state index contributed by atoms with van der Waals surface area (Å²) < 4.78 is 13.7. The summed E-state index contributed by atoms with van der Waals surface area (Å²) in [6.45, 7) is 11.4. The Kier molecular flexibility index (Phi) is 3.50. The Labute approximate surface area is 110 Å². The molecule has 1 nitrogen and oxygen atoms in total. The van der Waals surface area contributed by atoms with Crippen LogP contribution in [0.5, 0.6) is 0 Å². The molecule has 100 valence electrons. The lowest BCUT2D eigenvalue weighted by Gasteiger charge is -2.21. The van der Waals surface area contributed by atoms with Crippen LogP contribution < -0.4 is 5.32 Å². The topological polar surface area (TPSA) is 12.0 Å². The Hall–Kier alpha value is -0.890. The fraction of sp³-hybridized carbons (Fsp3) is 0.625. The SMILES string of the molecule is CCNC(c1cc(C)c(F)c(C)c1)C1CC1(C)C. The second-order valence-corrected chi connectivity index (χ2v) is 6.30. The number of aryl methyl sites for hydroxylation is 2. The minimum atomic E-state index is -0.0657. The molecule has 18 heavy (non-hydrogen) atoms. The highest BCUT2D eigenvalue weighted by Gasteiger charge is 2.50. The molecule has 1 fully saturated rings. The van der Waals surface area contributed by atoms with Crippen LogP contribution in [0.2, 0.25) is 0 Å². The highest BCUT2D eigenvalue weighted by molar-refractivity contribution is 5.34. The number of hydrogen-bond acceptors (Lipinski definition) is 1. The fourth-order valence-corrected chi connectivity index (χ4v) is 2.95. The maximum absolute atomic E-state index is 13.7. The molecule has 0 bridgehead atoms. The fourth-order valence-electron chi connectivity index (χ4n) is 2.95. The largest absolute Gasteiger partial charge is 0.310 e. The van der Waals surface area contributed by atoms with Crippen LogP contribution in [0.1, 0.15) is 49.9 Å². The summed E-state index contributed by atoms with van der Waals surface area (Å²) in [5.74, 6) is 0.603. The van der Waals surface area contributed by atoms with Crippen molar-refractivity contribution in [1.29, 1.82) is 0 Å². The van der Waals surface area contributed by atoms with Gasteiger partial charge in [0.2, 0.25) is 0 Å². The highest BCUT2D eigenvalue weighted by Crippen LogP contribution is 2.57. The molecule has 1 aliphatic rings. The normalized spacial score (nSPS) is 22.9. The predicted molar refractivity (Wildman–Crippen MR) is 74.2 cm³/mol. The smallest absolute Gasteiger partial charge is 0.129 e. The van der Waals surface area contributed by atoms with Crippen LogP contribution in [-0.2, 0) is 0 Å². The van der Waals surface area contributed by atoms with Crippen LogP contribution in [0.15, 0.2) is 12.1 Å². The molecule has 0 heterocycles. The van der Waals surface area contributed by atoms with Gasteiger partial charge in [-0.25, -0.2) is 4.39 Å². The van der Waals surface area contributed by atoms with E-state index in [-0.39, 0.29) is 5.82 Å². The van der Waals surface area contributed by atoms with Gasteiger partial charge in [0.1, 0.15) is 5.82 Å². The van der Waals surface area contributed by atoms with Gasteiger partial charge in [-0.05, 0) is 54.8 Å². The Balaban J connectivity index is 2.32. The maximum Gasteiger partial charge on any atom is 0.129 e. The first-order valence-electron chi connectivity index (χ1n) is 6.87. The third-order valence-corrected chi connectivity index (χ3v) is 4.23. The molecule has 1 aromatic carbocycles. The first-order valence-corrected chi connectivity index (χ1v) is 6.87. The minimum absolute atomic E-state index is 0.0657. The first kappa shape index (κ1) is 13.5. The van der Waals surface area contributed by atoms with Crippen LogP contribution in [-0.4, -0.2) is 6.54 Å². The molecule has 2 heteroatoms. The van der Waals surface area contributed by atoms with Crippen molar-refractivity contribution in [2.24, 2.45) is 11.3 Å². The molecule has 0 saturated heterocycles. The Morgan fingerprint density at radius 3 is 2.22 bits per heavy atom. The van der Waals surface area contributed by atoms with Crippen molar-refractivity contribution < 1.29 is 4.39 Å². The number of hydrogen-bond donors (Lipinski definition) is 1. The average Bonchev–Trinajstić information content (AvgIpc) is 2.91. The standard InChI is InChI=1S/C16H24FN/c1-6-18-15(13-9-16(13,4)5)12-7-10(2)14(17)11(3)8-12/h7-8,13,15,18H,6,9H2,1-5H3. The van der Waals surface area contributed by atoms with Gasteiger partial charge in [-0.2, -0.15) is 0 Å². The maximum atomic E-state index is 13.7. The van der Waals surface area contributed by atoms with Gasteiger partial charge in [-0.15, -0.1) is 0 Å². The summed E-state index contributed by atoms with van der Waals surface area (Å²) in [7, 11) is 0. The molecule has 0 aliphatic heterocycles. The molecule has 1 aromatic rings. The van der Waals surface area contributed by atoms with Crippen molar-refractivity contribution in [2.45, 2.75) is 47.1 Å². The molecule has 0 aromatic heterocycles. The monoisotopic (exact) mass is 249 g/mol. The van der Waals surface area contributed by atoms with Gasteiger partial charge in [-0.3, -0.25) is 0 Å². The zero-order chi connectivity index (χ0) is 13.5. The lowest BCUT2D eigenvalue weighted by atomic mass is 9.94. The summed E-state index contributed by atoms with van der Waals surface area (Å²) in [5, 5.41) is 3.57. The van der Waals surface area contributed by atoms with E-state index in [0.717, 1.165) is 17.7 Å². The molecular formula is C16H24FN. The summed E-state index contributed by atoms with van der Waals surface area (Å²) >= 11 is 0. The van der Waals surface area contributed by atoms with Gasteiger partial charge >= 0.3 is 0 Å². The highest BCUT2D eigenvalue weighted by atomic mass is 19.1. The average molecular weight is 249 g/mol. The lowest BCUT2D eigenvalue weighted by molar-refractivity contribution is 0.422. The van der Waals surface area contributed by atoms with E-state index in [4.69, 9.17) is 0 Å². The summed E-state index contributed by atoms with van der Waals surface area (Å²) in [6, 6.07) is 4.37. The molecule has 0 radical (unpaired) electrons. The summed E-state index contributed by atoms with van der Waals surface area (Å²) in [6.07, 6.45) is 1.25. The zero-order valence-electron chi connectivity index (χ0n) is 12.1. The van der Waals surface area contributed by atoms with Gasteiger partial charge in [-0.1, -0.05) is 32.9 Å². The van der Waals surface area contributed by atoms with Crippen LogP contribution in [0.25, 0.3) is 0 Å². The van der Waals surface area contributed by atoms with E-state index in [2.05, 4.69) is 26.1 Å². The molecule has 1 saturated carbocycles. The van der Waals surface area contributed by atoms with Crippen molar-refractivity contribution in [3.8, 4) is 0 Å². The molecule has 1 N–H and O–H groups in total. The van der Waals surface area contributed by atoms with E-state index in [1.807, 2.05) is 26.0 Å². The van der Waals surface area contributed by atoms with Crippen molar-refractivity contribution in [3.05, 3.63) is 34.6 Å². The molecule has 0 spiro atoms. The van der Waals surface area contributed by atoms with Crippen LogP contribution >= 0.6 is 0 Å². The molecule has 2 rings (SSSR count). The van der Waals surface area contributed by atoms with Crippen molar-refractivity contribution in [3.63, 3.8) is 0 Å². The predicted octanol–water partition coefficient (Wildman–Crippen LogP) is 4.14. The number of rotatable bonds is 4. The Morgan fingerprint density at radius 2 is 1.83 bits per heavy atom. The van der Waals surface area contributed by atoms with E-state index in [1.54, 1.807) is 0 Å². The molecule has 1 aliphatic carbocycles. The van der Waals surface area contributed by atoms with Crippen molar-refractivity contribution in [2.75, 3.05) is 6.54 Å². The summed E-state index contributed by atoms with van der Waals surface area (Å²) in [5.41, 5.74) is 3.17. The number of nitrogens with one attached hydrogen (secondary N) is 1. The third kappa shape index (κ3) is 2.44. The molecular weight excluding hydrogens is 225 g/mol. The van der Waals surface area contributed by atoms with Crippen LogP contribution in [0.4, 0.5) is 4.39 Å². The van der Waals surface area contributed by atoms with Crippen LogP contribution in [0.3, 0.4) is 0 Å². The van der Waals surface area contributed by atoms with Crippen molar-refractivity contribution >= 4 is 0 Å². The van der Waals surface area contributed by atoms with Crippen LogP contribution in [0, 0.1) is 31.0 Å². The lowest BCUT2D eigenvalue weighted by Crippen LogP contribution is -2.24.